The van der Waals surface area contributed by atoms with Crippen LogP contribution in [0.25, 0.3) is 0 Å². The number of nitrogens with one attached hydrogen (secondary N) is 2. The van der Waals surface area contributed by atoms with E-state index in [-0.39, 0.29) is 42.7 Å². The van der Waals surface area contributed by atoms with Crippen molar-refractivity contribution >= 4 is 30.3 Å². The van der Waals surface area contributed by atoms with Crippen molar-refractivity contribution in [1.82, 2.24) is 25.4 Å². The quantitative estimate of drug-likeness (QED) is 0.721. The van der Waals surface area contributed by atoms with Crippen LogP contribution in [0.15, 0.2) is 24.5 Å². The van der Waals surface area contributed by atoms with Crippen LogP contribution in [0.3, 0.4) is 0 Å². The lowest BCUT2D eigenvalue weighted by Gasteiger charge is -2.38. The molecule has 2 aliphatic heterocycles. The van der Waals surface area contributed by atoms with Gasteiger partial charge in [-0.15, -0.1) is 12.4 Å². The monoisotopic (exact) mass is 421 g/mol. The largest absolute Gasteiger partial charge is 0.331 e. The first-order valence-electron chi connectivity index (χ1n) is 10.1. The molecule has 3 aliphatic rings. The standard InChI is InChI=1S/C20H27N5O3.ClH/c1-14-5-2-3-7-20(14)18(27)25(19(28)23-20)13-17(26)24-10-9-22-12-16(24)15-6-4-8-21-11-15;/h4,6,8,11,14,16,22H,2-3,5,7,9-10,12-13H2,1H3,(H,23,28);1H. The maximum absolute atomic E-state index is 13.1. The van der Waals surface area contributed by atoms with Crippen LogP contribution in [-0.4, -0.2) is 64.3 Å². The van der Waals surface area contributed by atoms with Crippen molar-refractivity contribution in [2.75, 3.05) is 26.2 Å². The van der Waals surface area contributed by atoms with Crippen LogP contribution in [0, 0.1) is 5.92 Å². The zero-order valence-corrected chi connectivity index (χ0v) is 17.4. The van der Waals surface area contributed by atoms with E-state index in [4.69, 9.17) is 0 Å². The Morgan fingerprint density at radius 3 is 2.90 bits per heavy atom. The van der Waals surface area contributed by atoms with E-state index in [0.717, 1.165) is 29.7 Å². The second-order valence-electron chi connectivity index (χ2n) is 8.03. The van der Waals surface area contributed by atoms with Crippen LogP contribution in [0.4, 0.5) is 4.79 Å². The van der Waals surface area contributed by atoms with Crippen LogP contribution in [0.1, 0.15) is 44.2 Å². The van der Waals surface area contributed by atoms with E-state index < -0.39 is 11.6 Å². The molecule has 2 saturated heterocycles. The number of hydrogen-bond acceptors (Lipinski definition) is 5. The molecular weight excluding hydrogens is 394 g/mol. The van der Waals surface area contributed by atoms with Crippen molar-refractivity contribution < 1.29 is 14.4 Å². The number of rotatable bonds is 3. The number of piperazine rings is 1. The molecule has 1 spiro atoms. The summed E-state index contributed by atoms with van der Waals surface area (Å²) in [6.07, 6.45) is 7.00. The molecule has 4 rings (SSSR count). The van der Waals surface area contributed by atoms with Crippen molar-refractivity contribution in [3.63, 3.8) is 0 Å². The van der Waals surface area contributed by atoms with Gasteiger partial charge in [-0.2, -0.15) is 0 Å². The van der Waals surface area contributed by atoms with Crippen LogP contribution < -0.4 is 10.6 Å². The number of imide groups is 1. The molecule has 3 unspecified atom stereocenters. The maximum atomic E-state index is 13.1. The summed E-state index contributed by atoms with van der Waals surface area (Å²) in [5.41, 5.74) is 0.111. The van der Waals surface area contributed by atoms with Gasteiger partial charge < -0.3 is 15.5 Å². The molecule has 3 heterocycles. The summed E-state index contributed by atoms with van der Waals surface area (Å²) in [6, 6.07) is 3.19. The number of urea groups is 1. The topological polar surface area (TPSA) is 94.6 Å². The summed E-state index contributed by atoms with van der Waals surface area (Å²) in [7, 11) is 0. The van der Waals surface area contributed by atoms with Gasteiger partial charge in [0, 0.05) is 32.0 Å². The molecule has 4 amide bonds. The number of aromatic nitrogens is 1. The van der Waals surface area contributed by atoms with E-state index in [2.05, 4.69) is 15.6 Å². The summed E-state index contributed by atoms with van der Waals surface area (Å²) in [5, 5.41) is 6.21. The van der Waals surface area contributed by atoms with Gasteiger partial charge >= 0.3 is 6.03 Å². The molecule has 1 aromatic heterocycles. The SMILES string of the molecule is CC1CCCCC12NC(=O)N(CC(=O)N1CCNCC1c1cccnc1)C2=O.Cl. The van der Waals surface area contributed by atoms with Crippen molar-refractivity contribution in [3.05, 3.63) is 30.1 Å². The lowest BCUT2D eigenvalue weighted by atomic mass is 9.73. The average Bonchev–Trinajstić information content (AvgIpc) is 2.96. The Bertz CT molecular complexity index is 777. The Morgan fingerprint density at radius 2 is 2.17 bits per heavy atom. The smallest absolute Gasteiger partial charge is 0.325 e. The number of carbonyl (C=O) groups is 3. The highest BCUT2D eigenvalue weighted by atomic mass is 35.5. The van der Waals surface area contributed by atoms with E-state index in [1.165, 1.54) is 0 Å². The van der Waals surface area contributed by atoms with Crippen LogP contribution in [0.2, 0.25) is 0 Å². The predicted octanol–water partition coefficient (Wildman–Crippen LogP) is 1.48. The summed E-state index contributed by atoms with van der Waals surface area (Å²) in [5.74, 6) is -0.370. The predicted molar refractivity (Wildman–Crippen MR) is 109 cm³/mol. The first-order valence-corrected chi connectivity index (χ1v) is 10.1. The molecule has 3 fully saturated rings. The third-order valence-corrected chi connectivity index (χ3v) is 6.43. The molecule has 2 N–H and O–H groups in total. The van der Waals surface area contributed by atoms with Gasteiger partial charge in [0.25, 0.3) is 5.91 Å². The Morgan fingerprint density at radius 1 is 1.34 bits per heavy atom. The minimum atomic E-state index is -0.832. The van der Waals surface area contributed by atoms with Gasteiger partial charge in [0.1, 0.15) is 12.1 Å². The lowest BCUT2D eigenvalue weighted by molar-refractivity contribution is -0.142. The number of amides is 4. The van der Waals surface area contributed by atoms with Gasteiger partial charge in [0.05, 0.1) is 6.04 Å². The van der Waals surface area contributed by atoms with Gasteiger partial charge in [-0.3, -0.25) is 19.5 Å². The molecule has 1 aliphatic carbocycles. The molecule has 9 heteroatoms. The van der Waals surface area contributed by atoms with Gasteiger partial charge in [0.2, 0.25) is 5.91 Å². The van der Waals surface area contributed by atoms with Gasteiger partial charge in [0.15, 0.2) is 0 Å². The van der Waals surface area contributed by atoms with Crippen molar-refractivity contribution in [1.29, 1.82) is 0 Å². The molecule has 1 saturated carbocycles. The zero-order chi connectivity index (χ0) is 19.7. The zero-order valence-electron chi connectivity index (χ0n) is 16.6. The molecule has 3 atom stereocenters. The lowest BCUT2D eigenvalue weighted by Crippen LogP contribution is -2.55. The van der Waals surface area contributed by atoms with Gasteiger partial charge in [-0.1, -0.05) is 25.8 Å². The summed E-state index contributed by atoms with van der Waals surface area (Å²) < 4.78 is 0. The van der Waals surface area contributed by atoms with E-state index >= 15 is 0 Å². The molecule has 1 aromatic rings. The van der Waals surface area contributed by atoms with Crippen LogP contribution in [-0.2, 0) is 9.59 Å². The second kappa shape index (κ2) is 8.67. The fourth-order valence-corrected chi connectivity index (χ4v) is 4.74. The summed E-state index contributed by atoms with van der Waals surface area (Å²) >= 11 is 0. The molecule has 0 radical (unpaired) electrons. The minimum absolute atomic E-state index is 0. The van der Waals surface area contributed by atoms with Gasteiger partial charge in [-0.05, 0) is 30.4 Å². The number of carbonyl (C=O) groups excluding carboxylic acids is 3. The molecule has 8 nitrogen and oxygen atoms in total. The number of halogens is 1. The third kappa shape index (κ3) is 3.83. The van der Waals surface area contributed by atoms with Crippen molar-refractivity contribution in [3.8, 4) is 0 Å². The Labute approximate surface area is 176 Å². The van der Waals surface area contributed by atoms with Crippen molar-refractivity contribution in [2.45, 2.75) is 44.2 Å². The Balaban J connectivity index is 0.00000240. The number of nitrogens with zero attached hydrogens (tertiary/aromatic N) is 3. The fourth-order valence-electron chi connectivity index (χ4n) is 4.74. The summed E-state index contributed by atoms with van der Waals surface area (Å²) in [4.78, 5) is 45.8. The molecule has 0 aromatic carbocycles. The third-order valence-electron chi connectivity index (χ3n) is 6.43. The first kappa shape index (κ1) is 21.5. The molecule has 0 bridgehead atoms. The minimum Gasteiger partial charge on any atom is -0.331 e. The highest BCUT2D eigenvalue weighted by molar-refractivity contribution is 6.09. The maximum Gasteiger partial charge on any atom is 0.325 e. The first-order chi connectivity index (χ1) is 13.5. The number of pyridine rings is 1. The highest BCUT2D eigenvalue weighted by Crippen LogP contribution is 2.38. The Hall–Kier alpha value is -2.19. The number of hydrogen-bond donors (Lipinski definition) is 2. The molecular formula is C20H28ClN5O3. The normalized spacial score (nSPS) is 29.6. The van der Waals surface area contributed by atoms with Crippen LogP contribution in [0.5, 0.6) is 0 Å². The Kier molecular flexibility index (Phi) is 6.43. The average molecular weight is 422 g/mol. The molecule has 158 valence electrons. The highest BCUT2D eigenvalue weighted by Gasteiger charge is 2.55. The fraction of sp³-hybridized carbons (Fsp3) is 0.600. The van der Waals surface area contributed by atoms with Crippen LogP contribution >= 0.6 is 12.4 Å². The van der Waals surface area contributed by atoms with E-state index in [0.29, 0.717) is 26.1 Å². The van der Waals surface area contributed by atoms with E-state index in [1.54, 1.807) is 17.3 Å². The summed E-state index contributed by atoms with van der Waals surface area (Å²) in [6.45, 7) is 3.64. The van der Waals surface area contributed by atoms with E-state index in [1.807, 2.05) is 19.1 Å². The second-order valence-corrected chi connectivity index (χ2v) is 8.03. The van der Waals surface area contributed by atoms with E-state index in [9.17, 15) is 14.4 Å². The van der Waals surface area contributed by atoms with Crippen molar-refractivity contribution in [2.24, 2.45) is 5.92 Å². The molecule has 29 heavy (non-hydrogen) atoms. The van der Waals surface area contributed by atoms with Gasteiger partial charge in [-0.25, -0.2) is 4.79 Å².